The van der Waals surface area contributed by atoms with Crippen molar-refractivity contribution in [2.45, 2.75) is 13.3 Å². The molecule has 9 heavy (non-hydrogen) atoms. The summed E-state index contributed by atoms with van der Waals surface area (Å²) in [7, 11) is -4.15. The van der Waals surface area contributed by atoms with Gasteiger partial charge in [0, 0.05) is 0 Å². The number of halogens is 1. The third kappa shape index (κ3) is 5.72. The molecular weight excluding hydrogens is 147 g/mol. The molecule has 0 aliphatic carbocycles. The fraction of sp³-hybridized carbons (Fsp3) is 0.750. The van der Waals surface area contributed by atoms with E-state index >= 15 is 0 Å². The van der Waals surface area contributed by atoms with Crippen LogP contribution in [0.15, 0.2) is 0 Å². The van der Waals surface area contributed by atoms with Gasteiger partial charge in [0.25, 0.3) is 10.1 Å². The highest BCUT2D eigenvalue weighted by Crippen LogP contribution is 2.08. The predicted molar refractivity (Wildman–Crippen MR) is 31.1 cm³/mol. The summed E-state index contributed by atoms with van der Waals surface area (Å²) in [4.78, 5) is 0. The van der Waals surface area contributed by atoms with Gasteiger partial charge in [-0.2, -0.15) is 8.42 Å². The average Bonchev–Trinajstić information content (AvgIpc) is 1.62. The first-order valence-corrected chi connectivity index (χ1v) is 4.02. The second-order valence-electron chi connectivity index (χ2n) is 1.60. The van der Waals surface area contributed by atoms with E-state index in [0.29, 0.717) is 0 Å². The minimum atomic E-state index is -4.15. The van der Waals surface area contributed by atoms with Crippen LogP contribution in [-0.4, -0.2) is 18.7 Å². The summed E-state index contributed by atoms with van der Waals surface area (Å²) in [6.07, 6.45) is -0.697. The van der Waals surface area contributed by atoms with Gasteiger partial charge in [0.1, 0.15) is 5.75 Å². The molecule has 0 aliphatic heterocycles. The maximum Gasteiger partial charge on any atom is 0.268 e. The summed E-state index contributed by atoms with van der Waals surface area (Å²) in [5.41, 5.74) is 0. The van der Waals surface area contributed by atoms with E-state index in [2.05, 4.69) is 0 Å². The molecule has 0 saturated heterocycles. The van der Waals surface area contributed by atoms with E-state index in [-0.39, 0.29) is 6.42 Å². The van der Waals surface area contributed by atoms with E-state index in [4.69, 9.17) is 4.55 Å². The van der Waals surface area contributed by atoms with E-state index in [1.54, 1.807) is 0 Å². The zero-order valence-electron chi connectivity index (χ0n) is 4.96. The first-order valence-electron chi connectivity index (χ1n) is 2.41. The van der Waals surface area contributed by atoms with E-state index in [0.717, 1.165) is 0 Å². The van der Waals surface area contributed by atoms with Gasteiger partial charge in [-0.1, -0.05) is 6.92 Å². The standard InChI is InChI=1S/C4H8FO3S/c1-2-4(5)3-9(6,7)8/h2-3H2,1H3,(H,6,7,8). The topological polar surface area (TPSA) is 54.4 Å². The van der Waals surface area contributed by atoms with Crippen LogP contribution < -0.4 is 0 Å². The van der Waals surface area contributed by atoms with Crippen LogP contribution in [0.4, 0.5) is 4.39 Å². The third-order valence-electron chi connectivity index (χ3n) is 0.723. The quantitative estimate of drug-likeness (QED) is 0.613. The molecule has 0 bridgehead atoms. The molecule has 0 aromatic carbocycles. The summed E-state index contributed by atoms with van der Waals surface area (Å²) in [5.74, 6) is -0.872. The molecule has 0 spiro atoms. The van der Waals surface area contributed by atoms with Gasteiger partial charge in [-0.3, -0.25) is 4.55 Å². The molecule has 0 unspecified atom stereocenters. The van der Waals surface area contributed by atoms with E-state index < -0.39 is 22.0 Å². The lowest BCUT2D eigenvalue weighted by molar-refractivity contribution is 0.447. The van der Waals surface area contributed by atoms with Crippen molar-refractivity contribution in [3.8, 4) is 0 Å². The Morgan fingerprint density at radius 2 is 2.11 bits per heavy atom. The van der Waals surface area contributed by atoms with Crippen LogP contribution in [0.5, 0.6) is 0 Å². The Bertz CT molecular complexity index is 163. The summed E-state index contributed by atoms with van der Waals surface area (Å²) >= 11 is 0. The van der Waals surface area contributed by atoms with Crippen molar-refractivity contribution in [1.82, 2.24) is 0 Å². The van der Waals surface area contributed by atoms with Gasteiger partial charge >= 0.3 is 0 Å². The highest BCUT2D eigenvalue weighted by molar-refractivity contribution is 7.85. The summed E-state index contributed by atoms with van der Waals surface area (Å²) in [6.45, 7) is 1.47. The maximum absolute atomic E-state index is 12.0. The molecule has 0 aliphatic rings. The fourth-order valence-corrected chi connectivity index (χ4v) is 0.900. The monoisotopic (exact) mass is 155 g/mol. The van der Waals surface area contributed by atoms with Crippen LogP contribution in [0.25, 0.3) is 0 Å². The van der Waals surface area contributed by atoms with Crippen molar-refractivity contribution in [2.75, 3.05) is 5.75 Å². The molecule has 0 aromatic heterocycles. The fourth-order valence-electron chi connectivity index (χ4n) is 0.300. The Morgan fingerprint density at radius 3 is 2.22 bits per heavy atom. The first kappa shape index (κ1) is 8.84. The van der Waals surface area contributed by atoms with Crippen molar-refractivity contribution in [2.24, 2.45) is 0 Å². The summed E-state index contributed by atoms with van der Waals surface area (Å²) in [6, 6.07) is 0. The second kappa shape index (κ2) is 3.12. The van der Waals surface area contributed by atoms with Gasteiger partial charge in [0.2, 0.25) is 0 Å². The van der Waals surface area contributed by atoms with Gasteiger partial charge in [-0.05, 0) is 6.42 Å². The van der Waals surface area contributed by atoms with E-state index in [1.165, 1.54) is 6.92 Å². The zero-order valence-corrected chi connectivity index (χ0v) is 5.78. The lowest BCUT2D eigenvalue weighted by Gasteiger charge is -1.97. The molecule has 0 saturated carbocycles. The van der Waals surface area contributed by atoms with Crippen LogP contribution in [0.3, 0.4) is 0 Å². The molecule has 0 heterocycles. The lowest BCUT2D eigenvalue weighted by Crippen LogP contribution is -2.08. The molecule has 55 valence electrons. The van der Waals surface area contributed by atoms with Gasteiger partial charge in [-0.15, -0.1) is 0 Å². The van der Waals surface area contributed by atoms with Crippen molar-refractivity contribution >= 4 is 10.1 Å². The number of rotatable bonds is 3. The Morgan fingerprint density at radius 1 is 1.67 bits per heavy atom. The smallest absolute Gasteiger partial charge is 0.268 e. The minimum absolute atomic E-state index is 0.0276. The average molecular weight is 155 g/mol. The normalized spacial score (nSPS) is 12.4. The van der Waals surface area contributed by atoms with Crippen molar-refractivity contribution in [3.63, 3.8) is 0 Å². The molecule has 0 fully saturated rings. The van der Waals surface area contributed by atoms with Crippen molar-refractivity contribution in [3.05, 3.63) is 6.17 Å². The third-order valence-corrected chi connectivity index (χ3v) is 1.40. The Kier molecular flexibility index (Phi) is 3.07. The van der Waals surface area contributed by atoms with Gasteiger partial charge in [-0.25, -0.2) is 4.39 Å². The van der Waals surface area contributed by atoms with Crippen LogP contribution in [-0.2, 0) is 10.1 Å². The predicted octanol–water partition coefficient (Wildman–Crippen LogP) is 0.786. The molecule has 0 aromatic rings. The SMILES string of the molecule is CC[C](F)CS(=O)(=O)O. The van der Waals surface area contributed by atoms with Gasteiger partial charge < -0.3 is 0 Å². The highest BCUT2D eigenvalue weighted by atomic mass is 32.2. The van der Waals surface area contributed by atoms with Crippen LogP contribution >= 0.6 is 0 Å². The molecule has 0 rings (SSSR count). The molecule has 5 heteroatoms. The minimum Gasteiger partial charge on any atom is -0.285 e. The van der Waals surface area contributed by atoms with Gasteiger partial charge in [0.05, 0.1) is 0 Å². The number of hydrogen-bond acceptors (Lipinski definition) is 2. The van der Waals surface area contributed by atoms with Crippen LogP contribution in [0.2, 0.25) is 0 Å². The van der Waals surface area contributed by atoms with Crippen molar-refractivity contribution < 1.29 is 17.4 Å². The molecular formula is C4H8FO3S. The Labute approximate surface area is 53.6 Å². The molecule has 0 atom stereocenters. The maximum atomic E-state index is 12.0. The molecule has 1 N–H and O–H groups in total. The lowest BCUT2D eigenvalue weighted by atomic mass is 10.3. The number of hydrogen-bond donors (Lipinski definition) is 1. The zero-order chi connectivity index (χ0) is 7.49. The second-order valence-corrected chi connectivity index (χ2v) is 3.05. The van der Waals surface area contributed by atoms with Crippen LogP contribution in [0, 0.1) is 6.17 Å². The molecule has 1 radical (unpaired) electrons. The molecule has 3 nitrogen and oxygen atoms in total. The largest absolute Gasteiger partial charge is 0.285 e. The van der Waals surface area contributed by atoms with Gasteiger partial charge in [0.15, 0.2) is 6.17 Å². The Hall–Kier alpha value is -0.160. The first-order chi connectivity index (χ1) is 3.95. The van der Waals surface area contributed by atoms with Crippen molar-refractivity contribution in [1.29, 1.82) is 0 Å². The van der Waals surface area contributed by atoms with Crippen LogP contribution in [0.1, 0.15) is 13.3 Å². The van der Waals surface area contributed by atoms with E-state index in [9.17, 15) is 12.8 Å². The van der Waals surface area contributed by atoms with E-state index in [1.807, 2.05) is 0 Å². The molecule has 0 amide bonds. The highest BCUT2D eigenvalue weighted by Gasteiger charge is 2.14. The summed E-state index contributed by atoms with van der Waals surface area (Å²) in [5, 5.41) is 0. The summed E-state index contributed by atoms with van der Waals surface area (Å²) < 4.78 is 39.8. The Balaban J connectivity index is 3.75.